The smallest absolute Gasteiger partial charge is 0.323 e. The van der Waals surface area contributed by atoms with Crippen LogP contribution in [0.2, 0.25) is 0 Å². The minimum absolute atomic E-state index is 0.0475. The largest absolute Gasteiger partial charge is 0.480 e. The molecule has 1 N–H and O–H groups in total. The molecule has 1 fully saturated rings. The molecule has 6 heteroatoms. The highest BCUT2D eigenvalue weighted by Crippen LogP contribution is 2.24. The molecule has 0 unspecified atom stereocenters. The molecule has 0 spiro atoms. The number of carboxylic acids is 1. The van der Waals surface area contributed by atoms with Crippen LogP contribution in [0.25, 0.3) is 0 Å². The third-order valence-electron chi connectivity index (χ3n) is 3.31. The van der Waals surface area contributed by atoms with Crippen LogP contribution >= 0.6 is 0 Å². The van der Waals surface area contributed by atoms with Gasteiger partial charge in [-0.15, -0.1) is 0 Å². The quantitative estimate of drug-likeness (QED) is 0.842. The number of aliphatic carboxylic acids is 1. The highest BCUT2D eigenvalue weighted by Gasteiger charge is 2.29. The molecule has 0 bridgehead atoms. The fourth-order valence-electron chi connectivity index (χ4n) is 2.40. The Balaban J connectivity index is 2.18. The van der Waals surface area contributed by atoms with Gasteiger partial charge in [0.2, 0.25) is 5.95 Å². The van der Waals surface area contributed by atoms with Crippen molar-refractivity contribution in [1.29, 1.82) is 0 Å². The molecule has 0 radical (unpaired) electrons. The Morgan fingerprint density at radius 1 is 1.37 bits per heavy atom. The van der Waals surface area contributed by atoms with Gasteiger partial charge in [0, 0.05) is 12.2 Å². The molecule has 5 nitrogen and oxygen atoms in total. The average molecular weight is 266 g/mol. The van der Waals surface area contributed by atoms with Crippen molar-refractivity contribution >= 4 is 11.9 Å². The molecule has 0 atom stereocenters. The van der Waals surface area contributed by atoms with Gasteiger partial charge in [-0.2, -0.15) is 4.39 Å². The zero-order chi connectivity index (χ0) is 13.8. The van der Waals surface area contributed by atoms with Crippen LogP contribution < -0.4 is 0 Å². The second kappa shape index (κ2) is 5.77. The lowest BCUT2D eigenvalue weighted by molar-refractivity contribution is -0.138. The van der Waals surface area contributed by atoms with Gasteiger partial charge in [-0.05, 0) is 25.0 Å². The van der Waals surface area contributed by atoms with Crippen LogP contribution in [0.4, 0.5) is 4.39 Å². The highest BCUT2D eigenvalue weighted by molar-refractivity contribution is 5.95. The van der Waals surface area contributed by atoms with Crippen molar-refractivity contribution in [1.82, 2.24) is 9.88 Å². The fourth-order valence-corrected chi connectivity index (χ4v) is 2.40. The summed E-state index contributed by atoms with van der Waals surface area (Å²) in [5, 5.41) is 8.91. The molecule has 0 aromatic carbocycles. The number of rotatable bonds is 4. The van der Waals surface area contributed by atoms with E-state index in [1.54, 1.807) is 0 Å². The number of carbonyl (C=O) groups excluding carboxylic acids is 1. The van der Waals surface area contributed by atoms with Crippen molar-refractivity contribution in [3.63, 3.8) is 0 Å². The van der Waals surface area contributed by atoms with Gasteiger partial charge in [0.15, 0.2) is 0 Å². The number of carbonyl (C=O) groups is 2. The predicted molar refractivity (Wildman–Crippen MR) is 65.1 cm³/mol. The van der Waals surface area contributed by atoms with Crippen molar-refractivity contribution in [3.05, 3.63) is 29.8 Å². The Bertz CT molecular complexity index is 469. The first-order chi connectivity index (χ1) is 9.08. The van der Waals surface area contributed by atoms with Crippen LogP contribution in [0.5, 0.6) is 0 Å². The summed E-state index contributed by atoms with van der Waals surface area (Å²) < 4.78 is 12.7. The van der Waals surface area contributed by atoms with Crippen molar-refractivity contribution in [2.75, 3.05) is 6.54 Å². The van der Waals surface area contributed by atoms with E-state index in [1.807, 2.05) is 0 Å². The lowest BCUT2D eigenvalue weighted by Gasteiger charge is -2.27. The Hall–Kier alpha value is -1.98. The van der Waals surface area contributed by atoms with Gasteiger partial charge in [-0.1, -0.05) is 12.8 Å². The summed E-state index contributed by atoms with van der Waals surface area (Å²) in [6, 6.07) is 2.38. The second-order valence-electron chi connectivity index (χ2n) is 4.63. The van der Waals surface area contributed by atoms with E-state index in [4.69, 9.17) is 5.11 Å². The lowest BCUT2D eigenvalue weighted by Crippen LogP contribution is -2.42. The molecule has 0 aliphatic heterocycles. The molecule has 1 aromatic rings. The van der Waals surface area contributed by atoms with Crippen LogP contribution in [0.15, 0.2) is 18.3 Å². The number of carboxylic acid groups (broad SMARTS) is 1. The zero-order valence-electron chi connectivity index (χ0n) is 10.4. The number of aromatic nitrogens is 1. The van der Waals surface area contributed by atoms with E-state index in [9.17, 15) is 14.0 Å². The molecular weight excluding hydrogens is 251 g/mol. The molecular formula is C13H15FN2O3. The normalized spacial score (nSPS) is 15.4. The first-order valence-corrected chi connectivity index (χ1v) is 6.22. The monoisotopic (exact) mass is 266 g/mol. The van der Waals surface area contributed by atoms with Crippen LogP contribution in [0.1, 0.15) is 36.0 Å². The summed E-state index contributed by atoms with van der Waals surface area (Å²) in [7, 11) is 0. The fraction of sp³-hybridized carbons (Fsp3) is 0.462. The van der Waals surface area contributed by atoms with E-state index in [1.165, 1.54) is 11.0 Å². The average Bonchev–Trinajstić information content (AvgIpc) is 2.89. The molecule has 0 saturated heterocycles. The summed E-state index contributed by atoms with van der Waals surface area (Å²) in [6.07, 6.45) is 4.76. The number of hydrogen-bond acceptors (Lipinski definition) is 3. The predicted octanol–water partition coefficient (Wildman–Crippen LogP) is 1.69. The molecule has 1 aromatic heterocycles. The molecule has 1 heterocycles. The zero-order valence-corrected chi connectivity index (χ0v) is 10.4. The van der Waals surface area contributed by atoms with Crippen molar-refractivity contribution in [3.8, 4) is 0 Å². The minimum atomic E-state index is -1.05. The number of hydrogen-bond donors (Lipinski definition) is 1. The topological polar surface area (TPSA) is 70.5 Å². The highest BCUT2D eigenvalue weighted by atomic mass is 19.1. The second-order valence-corrected chi connectivity index (χ2v) is 4.63. The summed E-state index contributed by atoms with van der Waals surface area (Å²) in [6.45, 7) is -0.332. The van der Waals surface area contributed by atoms with Crippen molar-refractivity contribution in [2.45, 2.75) is 31.7 Å². The van der Waals surface area contributed by atoms with Crippen LogP contribution in [0, 0.1) is 5.95 Å². The van der Waals surface area contributed by atoms with Gasteiger partial charge >= 0.3 is 5.97 Å². The van der Waals surface area contributed by atoms with Gasteiger partial charge in [-0.25, -0.2) is 4.98 Å². The number of nitrogens with zero attached hydrogens (tertiary/aromatic N) is 2. The Morgan fingerprint density at radius 2 is 2.05 bits per heavy atom. The summed E-state index contributed by atoms with van der Waals surface area (Å²) >= 11 is 0. The summed E-state index contributed by atoms with van der Waals surface area (Å²) in [5.74, 6) is -2.11. The van der Waals surface area contributed by atoms with Gasteiger partial charge in [-0.3, -0.25) is 9.59 Å². The van der Waals surface area contributed by atoms with Gasteiger partial charge in [0.05, 0.1) is 5.56 Å². The standard InChI is InChI=1S/C13H15FN2O3/c14-11-6-5-9(7-15-11)13(19)16(8-12(17)18)10-3-1-2-4-10/h5-7,10H,1-4,8H2,(H,17,18). The maximum atomic E-state index is 12.7. The van der Waals surface area contributed by atoms with E-state index in [-0.39, 0.29) is 18.2 Å². The maximum Gasteiger partial charge on any atom is 0.323 e. The third-order valence-corrected chi connectivity index (χ3v) is 3.31. The molecule has 102 valence electrons. The van der Waals surface area contributed by atoms with E-state index in [0.717, 1.165) is 37.9 Å². The Morgan fingerprint density at radius 3 is 2.58 bits per heavy atom. The molecule has 1 amide bonds. The first-order valence-electron chi connectivity index (χ1n) is 6.22. The molecule has 1 saturated carbocycles. The first kappa shape index (κ1) is 13.5. The third kappa shape index (κ3) is 3.27. The molecule has 19 heavy (non-hydrogen) atoms. The van der Waals surface area contributed by atoms with Crippen LogP contribution in [-0.2, 0) is 4.79 Å². The summed E-state index contributed by atoms with van der Waals surface area (Å²) in [5.41, 5.74) is 0.217. The van der Waals surface area contributed by atoms with Crippen LogP contribution in [-0.4, -0.2) is 39.5 Å². The van der Waals surface area contributed by atoms with Gasteiger partial charge < -0.3 is 10.0 Å². The van der Waals surface area contributed by atoms with E-state index >= 15 is 0 Å². The minimum Gasteiger partial charge on any atom is -0.480 e. The van der Waals surface area contributed by atoms with E-state index < -0.39 is 17.8 Å². The molecule has 1 aliphatic rings. The molecule has 2 rings (SSSR count). The van der Waals surface area contributed by atoms with Gasteiger partial charge in [0.25, 0.3) is 5.91 Å². The number of halogens is 1. The Kier molecular flexibility index (Phi) is 4.09. The SMILES string of the molecule is O=C(O)CN(C(=O)c1ccc(F)nc1)C1CCCC1. The number of amides is 1. The summed E-state index contributed by atoms with van der Waals surface area (Å²) in [4.78, 5) is 27.9. The van der Waals surface area contributed by atoms with Crippen molar-refractivity contribution < 1.29 is 19.1 Å². The van der Waals surface area contributed by atoms with E-state index in [2.05, 4.69) is 4.98 Å². The van der Waals surface area contributed by atoms with Gasteiger partial charge in [0.1, 0.15) is 6.54 Å². The number of pyridine rings is 1. The maximum absolute atomic E-state index is 12.7. The lowest BCUT2D eigenvalue weighted by atomic mass is 10.1. The van der Waals surface area contributed by atoms with Crippen LogP contribution in [0.3, 0.4) is 0 Å². The van der Waals surface area contributed by atoms with Crippen molar-refractivity contribution in [2.24, 2.45) is 0 Å². The van der Waals surface area contributed by atoms with E-state index in [0.29, 0.717) is 0 Å². The Labute approximate surface area is 110 Å². The molecule has 1 aliphatic carbocycles.